The molecule has 3 rings (SSSR count). The largest absolute Gasteiger partial charge is 0.416 e. The maximum absolute atomic E-state index is 12.7. The Morgan fingerprint density at radius 2 is 1.76 bits per heavy atom. The van der Waals surface area contributed by atoms with Gasteiger partial charge in [-0.25, -0.2) is 0 Å². The fourth-order valence-electron chi connectivity index (χ4n) is 3.67. The topological polar surface area (TPSA) is 23.6 Å². The number of amides is 1. The van der Waals surface area contributed by atoms with E-state index in [4.69, 9.17) is 0 Å². The quantitative estimate of drug-likeness (QED) is 0.773. The van der Waals surface area contributed by atoms with E-state index in [2.05, 4.69) is 4.90 Å². The minimum atomic E-state index is -4.37. The van der Waals surface area contributed by atoms with Crippen molar-refractivity contribution in [2.24, 2.45) is 0 Å². The predicted molar refractivity (Wildman–Crippen MR) is 90.9 cm³/mol. The standard InChI is InChI=1S/C19H23F3N2O/c20-19(21,22)16-5-3-4-15(14-16)8-9-18(25)24-12-10-23(11-13-24)17-6-1-2-7-17/h3-5,8-9,14,17H,1-2,6-7,10-13H2/b9-8+. The van der Waals surface area contributed by atoms with Crippen molar-refractivity contribution < 1.29 is 18.0 Å². The van der Waals surface area contributed by atoms with Gasteiger partial charge < -0.3 is 4.90 Å². The van der Waals surface area contributed by atoms with Crippen molar-refractivity contribution in [1.29, 1.82) is 0 Å². The first-order valence-electron chi connectivity index (χ1n) is 8.82. The number of halogens is 3. The number of carbonyl (C=O) groups excluding carboxylic acids is 1. The highest BCUT2D eigenvalue weighted by Gasteiger charge is 2.30. The number of benzene rings is 1. The van der Waals surface area contributed by atoms with Gasteiger partial charge in [0, 0.05) is 38.3 Å². The van der Waals surface area contributed by atoms with Gasteiger partial charge in [-0.2, -0.15) is 13.2 Å². The fraction of sp³-hybridized carbons (Fsp3) is 0.526. The molecule has 1 saturated carbocycles. The van der Waals surface area contributed by atoms with Crippen LogP contribution in [0.15, 0.2) is 30.3 Å². The predicted octanol–water partition coefficient (Wildman–Crippen LogP) is 3.81. The molecule has 1 saturated heterocycles. The van der Waals surface area contributed by atoms with Crippen molar-refractivity contribution in [2.75, 3.05) is 26.2 Å². The summed E-state index contributed by atoms with van der Waals surface area (Å²) >= 11 is 0. The van der Waals surface area contributed by atoms with Crippen LogP contribution in [0.5, 0.6) is 0 Å². The molecule has 3 nitrogen and oxygen atoms in total. The molecule has 0 atom stereocenters. The minimum Gasteiger partial charge on any atom is -0.337 e. The van der Waals surface area contributed by atoms with Crippen LogP contribution in [-0.2, 0) is 11.0 Å². The van der Waals surface area contributed by atoms with Crippen LogP contribution in [0.1, 0.15) is 36.8 Å². The molecule has 1 aromatic carbocycles. The smallest absolute Gasteiger partial charge is 0.337 e. The van der Waals surface area contributed by atoms with E-state index in [1.807, 2.05) is 0 Å². The van der Waals surface area contributed by atoms with Crippen molar-refractivity contribution in [3.05, 3.63) is 41.5 Å². The summed E-state index contributed by atoms with van der Waals surface area (Å²) in [6.07, 6.45) is 3.56. The molecule has 0 radical (unpaired) electrons. The van der Waals surface area contributed by atoms with E-state index >= 15 is 0 Å². The number of nitrogens with zero attached hydrogens (tertiary/aromatic N) is 2. The molecule has 1 aliphatic carbocycles. The lowest BCUT2D eigenvalue weighted by Crippen LogP contribution is -2.51. The molecular weight excluding hydrogens is 329 g/mol. The Balaban J connectivity index is 1.55. The number of rotatable bonds is 3. The number of hydrogen-bond donors (Lipinski definition) is 0. The number of carbonyl (C=O) groups is 1. The van der Waals surface area contributed by atoms with Gasteiger partial charge >= 0.3 is 6.18 Å². The van der Waals surface area contributed by atoms with E-state index in [-0.39, 0.29) is 5.91 Å². The SMILES string of the molecule is O=C(/C=C/c1cccc(C(F)(F)F)c1)N1CCN(C2CCCC2)CC1. The molecular formula is C19H23F3N2O. The molecule has 1 aliphatic heterocycles. The summed E-state index contributed by atoms with van der Waals surface area (Å²) in [5.74, 6) is -0.136. The highest BCUT2D eigenvalue weighted by Crippen LogP contribution is 2.29. The first-order chi connectivity index (χ1) is 11.9. The Kier molecular flexibility index (Phi) is 5.47. The second kappa shape index (κ2) is 7.60. The maximum atomic E-state index is 12.7. The van der Waals surface area contributed by atoms with Gasteiger partial charge in [-0.1, -0.05) is 25.0 Å². The summed E-state index contributed by atoms with van der Waals surface area (Å²) in [5, 5.41) is 0. The zero-order chi connectivity index (χ0) is 17.9. The first-order valence-corrected chi connectivity index (χ1v) is 8.82. The normalized spacial score (nSPS) is 20.5. The van der Waals surface area contributed by atoms with Crippen LogP contribution >= 0.6 is 0 Å². The lowest BCUT2D eigenvalue weighted by molar-refractivity contribution is -0.137. The van der Waals surface area contributed by atoms with E-state index in [1.165, 1.54) is 43.9 Å². The summed E-state index contributed by atoms with van der Waals surface area (Å²) in [5.41, 5.74) is -0.319. The fourth-order valence-corrected chi connectivity index (χ4v) is 3.67. The summed E-state index contributed by atoms with van der Waals surface area (Å²) < 4.78 is 38.2. The van der Waals surface area contributed by atoms with Gasteiger partial charge in [0.2, 0.25) is 5.91 Å². The van der Waals surface area contributed by atoms with Crippen molar-refractivity contribution in [1.82, 2.24) is 9.80 Å². The number of alkyl halides is 3. The third kappa shape index (κ3) is 4.63. The summed E-state index contributed by atoms with van der Waals surface area (Å²) in [7, 11) is 0. The van der Waals surface area contributed by atoms with Crippen LogP contribution in [0.25, 0.3) is 6.08 Å². The number of hydrogen-bond acceptors (Lipinski definition) is 2. The summed E-state index contributed by atoms with van der Waals surface area (Å²) in [4.78, 5) is 16.5. The van der Waals surface area contributed by atoms with E-state index in [9.17, 15) is 18.0 Å². The van der Waals surface area contributed by atoms with Crippen molar-refractivity contribution >= 4 is 12.0 Å². The lowest BCUT2D eigenvalue weighted by atomic mass is 10.1. The highest BCUT2D eigenvalue weighted by molar-refractivity contribution is 5.91. The van der Waals surface area contributed by atoms with Crippen LogP contribution in [-0.4, -0.2) is 47.9 Å². The van der Waals surface area contributed by atoms with Gasteiger partial charge in [-0.15, -0.1) is 0 Å². The van der Waals surface area contributed by atoms with E-state index in [1.54, 1.807) is 11.0 Å². The molecule has 1 aromatic rings. The zero-order valence-electron chi connectivity index (χ0n) is 14.1. The second-order valence-electron chi connectivity index (χ2n) is 6.76. The van der Waals surface area contributed by atoms with Crippen LogP contribution < -0.4 is 0 Å². The lowest BCUT2D eigenvalue weighted by Gasteiger charge is -2.37. The molecule has 0 N–H and O–H groups in total. The van der Waals surface area contributed by atoms with Gasteiger partial charge in [0.1, 0.15) is 0 Å². The van der Waals surface area contributed by atoms with Crippen molar-refractivity contribution in [3.8, 4) is 0 Å². The average molecular weight is 352 g/mol. The minimum absolute atomic E-state index is 0.136. The molecule has 0 aromatic heterocycles. The van der Waals surface area contributed by atoms with E-state index in [0.717, 1.165) is 25.2 Å². The molecule has 0 spiro atoms. The van der Waals surface area contributed by atoms with Gasteiger partial charge in [0.15, 0.2) is 0 Å². The van der Waals surface area contributed by atoms with Crippen LogP contribution in [0, 0.1) is 0 Å². The van der Waals surface area contributed by atoms with Gasteiger partial charge in [0.05, 0.1) is 5.56 Å². The Morgan fingerprint density at radius 3 is 2.40 bits per heavy atom. The molecule has 6 heteroatoms. The Hall–Kier alpha value is -1.82. The van der Waals surface area contributed by atoms with Crippen molar-refractivity contribution in [2.45, 2.75) is 37.9 Å². The van der Waals surface area contributed by atoms with Gasteiger partial charge in [-0.05, 0) is 36.6 Å². The van der Waals surface area contributed by atoms with Gasteiger partial charge in [0.25, 0.3) is 0 Å². The summed E-state index contributed by atoms with van der Waals surface area (Å²) in [6.45, 7) is 3.13. The molecule has 1 heterocycles. The van der Waals surface area contributed by atoms with Crippen LogP contribution in [0.4, 0.5) is 13.2 Å². The zero-order valence-corrected chi connectivity index (χ0v) is 14.1. The maximum Gasteiger partial charge on any atom is 0.416 e. The van der Waals surface area contributed by atoms with Gasteiger partial charge in [-0.3, -0.25) is 9.69 Å². The molecule has 1 amide bonds. The third-order valence-corrected chi connectivity index (χ3v) is 5.10. The van der Waals surface area contributed by atoms with Crippen LogP contribution in [0.2, 0.25) is 0 Å². The number of piperazine rings is 1. The third-order valence-electron chi connectivity index (χ3n) is 5.10. The molecule has 136 valence electrons. The molecule has 2 fully saturated rings. The summed E-state index contributed by atoms with van der Waals surface area (Å²) in [6, 6.07) is 5.67. The average Bonchev–Trinajstić information content (AvgIpc) is 3.14. The highest BCUT2D eigenvalue weighted by atomic mass is 19.4. The van der Waals surface area contributed by atoms with Crippen molar-refractivity contribution in [3.63, 3.8) is 0 Å². The van der Waals surface area contributed by atoms with E-state index in [0.29, 0.717) is 24.7 Å². The first kappa shape index (κ1) is 18.0. The molecule has 0 unspecified atom stereocenters. The second-order valence-corrected chi connectivity index (χ2v) is 6.76. The molecule has 0 bridgehead atoms. The molecule has 2 aliphatic rings. The molecule has 25 heavy (non-hydrogen) atoms. The monoisotopic (exact) mass is 352 g/mol. The van der Waals surface area contributed by atoms with E-state index < -0.39 is 11.7 Å². The Bertz CT molecular complexity index is 628. The Labute approximate surface area is 146 Å². The van der Waals surface area contributed by atoms with Crippen LogP contribution in [0.3, 0.4) is 0 Å². The Morgan fingerprint density at radius 1 is 1.08 bits per heavy atom.